The molecule has 98 valence electrons. The van der Waals surface area contributed by atoms with Crippen LogP contribution < -0.4 is 11.3 Å². The van der Waals surface area contributed by atoms with Crippen LogP contribution >= 0.6 is 15.9 Å². The molecular formula is C13H17BrFN3. The lowest BCUT2D eigenvalue weighted by molar-refractivity contribution is 0.442. The molecule has 0 atom stereocenters. The minimum absolute atomic E-state index is 0.298. The molecule has 5 heteroatoms. The summed E-state index contributed by atoms with van der Waals surface area (Å²) >= 11 is 3.27. The summed E-state index contributed by atoms with van der Waals surface area (Å²) in [6.07, 6.45) is 5.87. The van der Waals surface area contributed by atoms with Gasteiger partial charge in [0, 0.05) is 10.0 Å². The fourth-order valence-electron chi connectivity index (χ4n) is 2.28. The Labute approximate surface area is 115 Å². The molecule has 1 aromatic carbocycles. The molecule has 0 saturated heterocycles. The first-order valence-electron chi connectivity index (χ1n) is 6.20. The molecule has 0 aromatic heterocycles. The molecule has 1 fully saturated rings. The van der Waals surface area contributed by atoms with E-state index in [1.54, 1.807) is 0 Å². The maximum atomic E-state index is 13.3. The number of hydrazine groups is 1. The molecule has 0 spiro atoms. The van der Waals surface area contributed by atoms with Crippen molar-refractivity contribution < 1.29 is 4.39 Å². The number of amidine groups is 1. The zero-order valence-electron chi connectivity index (χ0n) is 10.1. The van der Waals surface area contributed by atoms with E-state index in [1.807, 2.05) is 6.07 Å². The second kappa shape index (κ2) is 6.29. The maximum absolute atomic E-state index is 13.3. The Morgan fingerprint density at radius 2 is 2.00 bits per heavy atom. The minimum Gasteiger partial charge on any atom is -0.308 e. The number of nitrogens with two attached hydrogens (primary N) is 1. The van der Waals surface area contributed by atoms with Gasteiger partial charge in [-0.1, -0.05) is 35.2 Å². The molecule has 0 amide bonds. The van der Waals surface area contributed by atoms with Crippen LogP contribution in [-0.4, -0.2) is 11.9 Å². The van der Waals surface area contributed by atoms with Gasteiger partial charge < -0.3 is 5.43 Å². The third-order valence-corrected chi connectivity index (χ3v) is 3.62. The molecule has 0 radical (unpaired) electrons. The number of aliphatic imine (C=N–C) groups is 1. The van der Waals surface area contributed by atoms with E-state index in [1.165, 1.54) is 31.4 Å². The molecule has 1 aromatic rings. The van der Waals surface area contributed by atoms with Crippen LogP contribution in [0, 0.1) is 5.82 Å². The monoisotopic (exact) mass is 313 g/mol. The van der Waals surface area contributed by atoms with Crippen LogP contribution in [0.25, 0.3) is 0 Å². The van der Waals surface area contributed by atoms with Gasteiger partial charge in [-0.15, -0.1) is 0 Å². The number of halogens is 2. The number of hydrogen-bond donors (Lipinski definition) is 2. The van der Waals surface area contributed by atoms with E-state index in [0.29, 0.717) is 21.9 Å². The number of rotatable bonds is 2. The summed E-state index contributed by atoms with van der Waals surface area (Å²) in [5.41, 5.74) is 3.26. The molecule has 0 heterocycles. The van der Waals surface area contributed by atoms with Crippen LogP contribution in [0.1, 0.15) is 37.7 Å². The molecule has 1 aliphatic carbocycles. The van der Waals surface area contributed by atoms with E-state index >= 15 is 0 Å². The molecule has 0 unspecified atom stereocenters. The minimum atomic E-state index is -0.300. The van der Waals surface area contributed by atoms with Crippen molar-refractivity contribution in [1.82, 2.24) is 5.43 Å². The summed E-state index contributed by atoms with van der Waals surface area (Å²) < 4.78 is 14.0. The van der Waals surface area contributed by atoms with Crippen LogP contribution in [0.3, 0.4) is 0 Å². The van der Waals surface area contributed by atoms with Crippen molar-refractivity contribution in [2.75, 3.05) is 0 Å². The van der Waals surface area contributed by atoms with E-state index in [0.717, 1.165) is 12.8 Å². The molecule has 2 rings (SSSR count). The largest absolute Gasteiger partial charge is 0.308 e. The Morgan fingerprint density at radius 3 is 2.61 bits per heavy atom. The third kappa shape index (κ3) is 3.53. The van der Waals surface area contributed by atoms with Crippen LogP contribution in [0.5, 0.6) is 0 Å². The van der Waals surface area contributed by atoms with Gasteiger partial charge in [0.2, 0.25) is 0 Å². The Morgan fingerprint density at radius 1 is 1.28 bits per heavy atom. The van der Waals surface area contributed by atoms with Crippen LogP contribution in [0.4, 0.5) is 4.39 Å². The van der Waals surface area contributed by atoms with Crippen LogP contribution in [0.2, 0.25) is 0 Å². The summed E-state index contributed by atoms with van der Waals surface area (Å²) in [6, 6.07) is 4.96. The van der Waals surface area contributed by atoms with Gasteiger partial charge >= 0.3 is 0 Å². The molecule has 3 N–H and O–H groups in total. The predicted octanol–water partition coefficient (Wildman–Crippen LogP) is 3.13. The zero-order valence-corrected chi connectivity index (χ0v) is 11.7. The topological polar surface area (TPSA) is 50.4 Å². The normalized spacial score (nSPS) is 17.8. The second-order valence-electron chi connectivity index (χ2n) is 4.57. The number of nitrogens with zero attached hydrogens (tertiary/aromatic N) is 1. The Kier molecular flexibility index (Phi) is 4.72. The smallest absolute Gasteiger partial charge is 0.142 e. The average molecular weight is 314 g/mol. The van der Waals surface area contributed by atoms with Crippen molar-refractivity contribution >= 4 is 21.8 Å². The van der Waals surface area contributed by atoms with Crippen LogP contribution in [0.15, 0.2) is 27.7 Å². The van der Waals surface area contributed by atoms with E-state index in [9.17, 15) is 4.39 Å². The van der Waals surface area contributed by atoms with Crippen molar-refractivity contribution in [3.05, 3.63) is 34.1 Å². The summed E-state index contributed by atoms with van der Waals surface area (Å²) in [7, 11) is 0. The van der Waals surface area contributed by atoms with Crippen molar-refractivity contribution in [3.63, 3.8) is 0 Å². The molecule has 1 aliphatic rings. The van der Waals surface area contributed by atoms with Gasteiger partial charge in [-0.05, 0) is 31.0 Å². The van der Waals surface area contributed by atoms with E-state index < -0.39 is 0 Å². The highest BCUT2D eigenvalue weighted by atomic mass is 79.9. The van der Waals surface area contributed by atoms with Gasteiger partial charge in [-0.25, -0.2) is 10.2 Å². The summed E-state index contributed by atoms with van der Waals surface area (Å²) in [4.78, 5) is 4.60. The van der Waals surface area contributed by atoms with Gasteiger partial charge in [0.15, 0.2) is 0 Å². The lowest BCUT2D eigenvalue weighted by atomic mass is 9.96. The molecule has 0 aliphatic heterocycles. The molecule has 0 bridgehead atoms. The Balaban J connectivity index is 2.23. The maximum Gasteiger partial charge on any atom is 0.142 e. The number of benzene rings is 1. The highest BCUT2D eigenvalue weighted by Gasteiger charge is 2.14. The third-order valence-electron chi connectivity index (χ3n) is 3.16. The number of nitrogens with one attached hydrogen (secondary N) is 1. The van der Waals surface area contributed by atoms with Crippen molar-refractivity contribution in [1.29, 1.82) is 0 Å². The Bertz CT molecular complexity index is 422. The Hall–Kier alpha value is -0.940. The van der Waals surface area contributed by atoms with Crippen molar-refractivity contribution in [2.24, 2.45) is 10.8 Å². The fourth-order valence-corrected chi connectivity index (χ4v) is 2.74. The van der Waals surface area contributed by atoms with Crippen LogP contribution in [-0.2, 0) is 0 Å². The fraction of sp³-hybridized carbons (Fsp3) is 0.462. The summed E-state index contributed by atoms with van der Waals surface area (Å²) in [6.45, 7) is 0. The predicted molar refractivity (Wildman–Crippen MR) is 74.8 cm³/mol. The lowest BCUT2D eigenvalue weighted by Gasteiger charge is -2.19. The highest BCUT2D eigenvalue weighted by molar-refractivity contribution is 9.10. The van der Waals surface area contributed by atoms with Gasteiger partial charge in [0.05, 0.1) is 6.04 Å². The van der Waals surface area contributed by atoms with Crippen molar-refractivity contribution in [3.8, 4) is 0 Å². The lowest BCUT2D eigenvalue weighted by Crippen LogP contribution is -2.33. The summed E-state index contributed by atoms with van der Waals surface area (Å²) in [5, 5.41) is 0. The first kappa shape index (κ1) is 13.5. The van der Waals surface area contributed by atoms with E-state index in [2.05, 4.69) is 26.3 Å². The number of hydrogen-bond acceptors (Lipinski definition) is 2. The zero-order chi connectivity index (χ0) is 13.0. The quantitative estimate of drug-likeness (QED) is 0.381. The summed E-state index contributed by atoms with van der Waals surface area (Å²) in [5.74, 6) is 5.76. The highest BCUT2D eigenvalue weighted by Crippen LogP contribution is 2.21. The first-order valence-corrected chi connectivity index (χ1v) is 6.99. The van der Waals surface area contributed by atoms with Gasteiger partial charge in [-0.3, -0.25) is 4.99 Å². The standard InChI is InChI=1S/C13H17BrFN3/c14-10-6-9(7-11(15)8-10)13(18-16)17-12-4-2-1-3-5-12/h6-8,12H,1-5,16H2,(H,17,18). The first-order chi connectivity index (χ1) is 8.69. The van der Waals surface area contributed by atoms with E-state index in [4.69, 9.17) is 5.84 Å². The van der Waals surface area contributed by atoms with Gasteiger partial charge in [-0.2, -0.15) is 0 Å². The molecular weight excluding hydrogens is 297 g/mol. The van der Waals surface area contributed by atoms with E-state index in [-0.39, 0.29) is 5.82 Å². The molecule has 18 heavy (non-hydrogen) atoms. The van der Waals surface area contributed by atoms with Gasteiger partial charge in [0.25, 0.3) is 0 Å². The molecule has 3 nitrogen and oxygen atoms in total. The average Bonchev–Trinajstić information content (AvgIpc) is 2.36. The van der Waals surface area contributed by atoms with Gasteiger partial charge in [0.1, 0.15) is 11.7 Å². The SMILES string of the molecule is NNC(=NC1CCCCC1)c1cc(F)cc(Br)c1. The second-order valence-corrected chi connectivity index (χ2v) is 5.49. The van der Waals surface area contributed by atoms with Crippen molar-refractivity contribution in [2.45, 2.75) is 38.1 Å². The molecule has 1 saturated carbocycles.